The van der Waals surface area contributed by atoms with Crippen molar-refractivity contribution < 1.29 is 9.53 Å². The number of pyridine rings is 1. The lowest BCUT2D eigenvalue weighted by Crippen LogP contribution is -2.28. The molecule has 0 atom stereocenters. The number of nitrogen functional groups attached to an aromatic ring is 1. The minimum atomic E-state index is -0.00189. The first-order valence-corrected chi connectivity index (χ1v) is 5.43. The normalized spacial score (nSPS) is 9.94. The maximum Gasteiger partial charge on any atom is 0.221 e. The van der Waals surface area contributed by atoms with Crippen molar-refractivity contribution in [2.45, 2.75) is 6.42 Å². The van der Waals surface area contributed by atoms with Crippen molar-refractivity contribution in [1.82, 2.24) is 10.3 Å². The quantitative estimate of drug-likeness (QED) is 0.592. The van der Waals surface area contributed by atoms with E-state index in [1.54, 1.807) is 19.4 Å². The molecule has 0 aromatic carbocycles. The second-order valence-corrected chi connectivity index (χ2v) is 3.49. The highest BCUT2D eigenvalue weighted by atomic mass is 16.5. The molecular formula is C11H18N4O2. The van der Waals surface area contributed by atoms with Crippen LogP contribution < -0.4 is 16.4 Å². The van der Waals surface area contributed by atoms with Crippen LogP contribution in [0.3, 0.4) is 0 Å². The fraction of sp³-hybridized carbons (Fsp3) is 0.455. The molecule has 0 aliphatic rings. The average molecular weight is 238 g/mol. The van der Waals surface area contributed by atoms with Crippen molar-refractivity contribution in [3.63, 3.8) is 0 Å². The van der Waals surface area contributed by atoms with E-state index in [2.05, 4.69) is 15.6 Å². The molecule has 4 N–H and O–H groups in total. The van der Waals surface area contributed by atoms with E-state index in [1.165, 1.54) is 0 Å². The Morgan fingerprint density at radius 2 is 2.29 bits per heavy atom. The number of amides is 1. The van der Waals surface area contributed by atoms with Crippen LogP contribution in [0.25, 0.3) is 0 Å². The maximum atomic E-state index is 11.3. The van der Waals surface area contributed by atoms with Gasteiger partial charge in [0.15, 0.2) is 0 Å². The van der Waals surface area contributed by atoms with Gasteiger partial charge in [-0.05, 0) is 12.1 Å². The monoisotopic (exact) mass is 238 g/mol. The first-order valence-electron chi connectivity index (χ1n) is 5.43. The zero-order valence-electron chi connectivity index (χ0n) is 9.90. The van der Waals surface area contributed by atoms with E-state index in [0.717, 1.165) is 5.69 Å². The second-order valence-electron chi connectivity index (χ2n) is 3.49. The molecule has 1 aromatic heterocycles. The second kappa shape index (κ2) is 7.45. The molecule has 0 saturated heterocycles. The summed E-state index contributed by atoms with van der Waals surface area (Å²) in [5.74, 6) is 0.478. The smallest absolute Gasteiger partial charge is 0.221 e. The van der Waals surface area contributed by atoms with Crippen molar-refractivity contribution in [2.75, 3.05) is 37.9 Å². The lowest BCUT2D eigenvalue weighted by atomic mass is 10.3. The van der Waals surface area contributed by atoms with E-state index in [-0.39, 0.29) is 5.91 Å². The molecule has 0 aliphatic carbocycles. The summed E-state index contributed by atoms with van der Waals surface area (Å²) in [7, 11) is 1.60. The topological polar surface area (TPSA) is 89.3 Å². The van der Waals surface area contributed by atoms with Crippen molar-refractivity contribution in [3.8, 4) is 0 Å². The summed E-state index contributed by atoms with van der Waals surface area (Å²) >= 11 is 0. The van der Waals surface area contributed by atoms with Gasteiger partial charge in [-0.25, -0.2) is 4.98 Å². The summed E-state index contributed by atoms with van der Waals surface area (Å²) in [5, 5.41) is 5.82. The van der Waals surface area contributed by atoms with Gasteiger partial charge >= 0.3 is 0 Å². The van der Waals surface area contributed by atoms with Crippen molar-refractivity contribution >= 4 is 17.4 Å². The summed E-state index contributed by atoms with van der Waals surface area (Å²) in [6, 6.07) is 3.53. The number of aromatic nitrogens is 1. The summed E-state index contributed by atoms with van der Waals surface area (Å²) in [4.78, 5) is 15.3. The number of hydrogen-bond donors (Lipinski definition) is 3. The van der Waals surface area contributed by atoms with Crippen LogP contribution >= 0.6 is 0 Å². The van der Waals surface area contributed by atoms with Crippen LogP contribution in [-0.2, 0) is 9.53 Å². The van der Waals surface area contributed by atoms with Crippen molar-refractivity contribution in [1.29, 1.82) is 0 Å². The van der Waals surface area contributed by atoms with Gasteiger partial charge in [-0.3, -0.25) is 4.79 Å². The Morgan fingerprint density at radius 1 is 1.47 bits per heavy atom. The third kappa shape index (κ3) is 5.72. The maximum absolute atomic E-state index is 11.3. The van der Waals surface area contributed by atoms with E-state index >= 15 is 0 Å². The van der Waals surface area contributed by atoms with Crippen LogP contribution in [0.15, 0.2) is 18.3 Å². The van der Waals surface area contributed by atoms with Crippen LogP contribution in [0, 0.1) is 0 Å². The molecule has 0 fully saturated rings. The molecule has 1 aromatic rings. The first-order chi connectivity index (χ1) is 8.22. The van der Waals surface area contributed by atoms with Gasteiger partial charge in [-0.2, -0.15) is 0 Å². The van der Waals surface area contributed by atoms with Crippen molar-refractivity contribution in [3.05, 3.63) is 18.3 Å². The molecule has 0 saturated carbocycles. The summed E-state index contributed by atoms with van der Waals surface area (Å²) in [6.45, 7) is 1.63. The molecule has 1 rings (SSSR count). The van der Waals surface area contributed by atoms with Gasteiger partial charge in [0.25, 0.3) is 0 Å². The molecule has 17 heavy (non-hydrogen) atoms. The number of methoxy groups -OCH3 is 1. The minimum absolute atomic E-state index is 0.00189. The predicted molar refractivity (Wildman–Crippen MR) is 66.6 cm³/mol. The Balaban J connectivity index is 2.14. The number of hydrogen-bond acceptors (Lipinski definition) is 5. The molecule has 94 valence electrons. The highest BCUT2D eigenvalue weighted by Gasteiger charge is 2.00. The molecule has 0 bridgehead atoms. The number of anilines is 2. The van der Waals surface area contributed by atoms with Crippen LogP contribution in [0.2, 0.25) is 0 Å². The standard InChI is InChI=1S/C11H18N4O2/c1-17-7-6-14-11(16)4-5-13-9-2-3-10(12)15-8-9/h2-3,8,13H,4-7H2,1H3,(H2,12,15)(H,14,16). The Kier molecular flexibility index (Phi) is 5.81. The molecule has 0 radical (unpaired) electrons. The largest absolute Gasteiger partial charge is 0.384 e. The van der Waals surface area contributed by atoms with Crippen LogP contribution in [0.4, 0.5) is 11.5 Å². The molecule has 6 nitrogen and oxygen atoms in total. The number of nitrogens with two attached hydrogens (primary N) is 1. The van der Waals surface area contributed by atoms with E-state index in [0.29, 0.717) is 31.9 Å². The van der Waals surface area contributed by atoms with E-state index in [9.17, 15) is 4.79 Å². The number of ether oxygens (including phenoxy) is 1. The van der Waals surface area contributed by atoms with Gasteiger partial charge in [0.05, 0.1) is 18.5 Å². The lowest BCUT2D eigenvalue weighted by molar-refractivity contribution is -0.121. The first kappa shape index (κ1) is 13.2. The molecule has 0 aliphatic heterocycles. The van der Waals surface area contributed by atoms with E-state index in [4.69, 9.17) is 10.5 Å². The van der Waals surface area contributed by atoms with Gasteiger partial charge in [0, 0.05) is 26.6 Å². The Morgan fingerprint density at radius 3 is 2.94 bits per heavy atom. The summed E-state index contributed by atoms with van der Waals surface area (Å²) in [6.07, 6.45) is 2.05. The SMILES string of the molecule is COCCNC(=O)CCNc1ccc(N)nc1. The number of rotatable bonds is 7. The molecule has 0 unspecified atom stereocenters. The molecular weight excluding hydrogens is 220 g/mol. The predicted octanol–water partition coefficient (Wildman–Crippen LogP) is 0.228. The van der Waals surface area contributed by atoms with Gasteiger partial charge < -0.3 is 21.1 Å². The number of nitrogens with one attached hydrogen (secondary N) is 2. The molecule has 6 heteroatoms. The van der Waals surface area contributed by atoms with Crippen LogP contribution in [0.5, 0.6) is 0 Å². The van der Waals surface area contributed by atoms with Gasteiger partial charge in [-0.1, -0.05) is 0 Å². The Bertz CT molecular complexity index is 340. The van der Waals surface area contributed by atoms with Gasteiger partial charge in [0.2, 0.25) is 5.91 Å². The average Bonchev–Trinajstić information content (AvgIpc) is 2.32. The fourth-order valence-electron chi connectivity index (χ4n) is 1.21. The highest BCUT2D eigenvalue weighted by Crippen LogP contribution is 2.06. The third-order valence-corrected chi connectivity index (χ3v) is 2.10. The summed E-state index contributed by atoms with van der Waals surface area (Å²) < 4.78 is 4.83. The Labute approximate surface area is 101 Å². The fourth-order valence-corrected chi connectivity index (χ4v) is 1.21. The molecule has 1 amide bonds. The Hall–Kier alpha value is -1.82. The molecule has 1 heterocycles. The summed E-state index contributed by atoms with van der Waals surface area (Å²) in [5.41, 5.74) is 6.31. The lowest BCUT2D eigenvalue weighted by Gasteiger charge is -2.07. The van der Waals surface area contributed by atoms with Crippen molar-refractivity contribution in [2.24, 2.45) is 0 Å². The number of carbonyl (C=O) groups excluding carboxylic acids is 1. The van der Waals surface area contributed by atoms with Gasteiger partial charge in [-0.15, -0.1) is 0 Å². The zero-order valence-corrected chi connectivity index (χ0v) is 9.90. The van der Waals surface area contributed by atoms with E-state index in [1.807, 2.05) is 6.07 Å². The minimum Gasteiger partial charge on any atom is -0.384 e. The highest BCUT2D eigenvalue weighted by molar-refractivity contribution is 5.76. The zero-order chi connectivity index (χ0) is 12.5. The third-order valence-electron chi connectivity index (χ3n) is 2.10. The number of nitrogens with zero attached hydrogens (tertiary/aromatic N) is 1. The van der Waals surface area contributed by atoms with E-state index < -0.39 is 0 Å². The molecule has 0 spiro atoms. The van der Waals surface area contributed by atoms with Crippen LogP contribution in [0.1, 0.15) is 6.42 Å². The van der Waals surface area contributed by atoms with Crippen LogP contribution in [-0.4, -0.2) is 37.7 Å². The number of carbonyl (C=O) groups is 1. The van der Waals surface area contributed by atoms with Gasteiger partial charge in [0.1, 0.15) is 5.82 Å².